The van der Waals surface area contributed by atoms with Crippen LogP contribution in [-0.4, -0.2) is 9.91 Å². The maximum Gasteiger partial charge on any atom is 0.371 e. The van der Waals surface area contributed by atoms with Gasteiger partial charge in [0.05, 0.1) is 25.7 Å². The van der Waals surface area contributed by atoms with Gasteiger partial charge in [-0.1, -0.05) is 70.7 Å². The van der Waals surface area contributed by atoms with Gasteiger partial charge in [0.1, 0.15) is 6.20 Å². The van der Waals surface area contributed by atoms with Crippen molar-refractivity contribution < 1.29 is 4.92 Å². The SMILES string of the molecule is O=[N+]([O-])c1ncc(-c2cccc(Cl)c2Cl)cc1-c1cccc(Cl)c1Cl. The molecule has 25 heavy (non-hydrogen) atoms. The van der Waals surface area contributed by atoms with Crippen LogP contribution < -0.4 is 0 Å². The molecule has 0 saturated carbocycles. The Morgan fingerprint density at radius 2 is 1.40 bits per heavy atom. The van der Waals surface area contributed by atoms with Crippen LogP contribution in [0.3, 0.4) is 0 Å². The quantitative estimate of drug-likeness (QED) is 0.345. The maximum atomic E-state index is 11.4. The zero-order valence-corrected chi connectivity index (χ0v) is 15.4. The molecule has 0 saturated heterocycles. The van der Waals surface area contributed by atoms with Crippen LogP contribution in [0.1, 0.15) is 0 Å². The summed E-state index contributed by atoms with van der Waals surface area (Å²) in [6.45, 7) is 0. The summed E-state index contributed by atoms with van der Waals surface area (Å²) in [5.74, 6) is -0.328. The molecule has 126 valence electrons. The standard InChI is InChI=1S/C17H8Cl4N2O2/c18-13-5-1-3-10(15(13)20)9-7-12(17(22-8-9)23(24)25)11-4-2-6-14(19)16(11)21/h1-8H. The predicted octanol–water partition coefficient (Wildman–Crippen LogP) is 6.94. The number of benzene rings is 2. The van der Waals surface area contributed by atoms with Crippen LogP contribution in [-0.2, 0) is 0 Å². The van der Waals surface area contributed by atoms with Crippen LogP contribution in [0.2, 0.25) is 20.1 Å². The highest BCUT2D eigenvalue weighted by Crippen LogP contribution is 2.40. The van der Waals surface area contributed by atoms with Crippen LogP contribution in [0, 0.1) is 10.1 Å². The summed E-state index contributed by atoms with van der Waals surface area (Å²) in [4.78, 5) is 14.8. The number of nitrogens with zero attached hydrogens (tertiary/aromatic N) is 2. The summed E-state index contributed by atoms with van der Waals surface area (Å²) in [5.41, 5.74) is 1.83. The monoisotopic (exact) mass is 412 g/mol. The summed E-state index contributed by atoms with van der Waals surface area (Å²) in [7, 11) is 0. The fraction of sp³-hybridized carbons (Fsp3) is 0. The summed E-state index contributed by atoms with van der Waals surface area (Å²) in [5, 5.41) is 12.6. The summed E-state index contributed by atoms with van der Waals surface area (Å²) in [6, 6.07) is 11.6. The first kappa shape index (κ1) is 18.0. The van der Waals surface area contributed by atoms with Gasteiger partial charge in [0.25, 0.3) is 0 Å². The molecule has 0 radical (unpaired) electrons. The Labute approximate surface area is 163 Å². The molecule has 0 N–H and O–H groups in total. The van der Waals surface area contributed by atoms with E-state index in [4.69, 9.17) is 46.4 Å². The zero-order valence-electron chi connectivity index (χ0n) is 12.3. The second-order valence-electron chi connectivity index (χ2n) is 5.06. The van der Waals surface area contributed by atoms with Crippen molar-refractivity contribution in [2.24, 2.45) is 0 Å². The van der Waals surface area contributed by atoms with Crippen molar-refractivity contribution in [1.82, 2.24) is 4.98 Å². The Morgan fingerprint density at radius 1 is 0.840 bits per heavy atom. The number of pyridine rings is 1. The van der Waals surface area contributed by atoms with Gasteiger partial charge in [0.15, 0.2) is 0 Å². The van der Waals surface area contributed by atoms with Crippen molar-refractivity contribution in [2.45, 2.75) is 0 Å². The summed E-state index contributed by atoms with van der Waals surface area (Å²) < 4.78 is 0. The molecule has 0 aliphatic carbocycles. The summed E-state index contributed by atoms with van der Waals surface area (Å²) in [6.07, 6.45) is 1.37. The van der Waals surface area contributed by atoms with Gasteiger partial charge in [-0.25, -0.2) is 0 Å². The van der Waals surface area contributed by atoms with Crippen LogP contribution >= 0.6 is 46.4 Å². The van der Waals surface area contributed by atoms with E-state index in [2.05, 4.69) is 4.98 Å². The van der Waals surface area contributed by atoms with Gasteiger partial charge in [0, 0.05) is 16.7 Å². The second-order valence-corrected chi connectivity index (χ2v) is 6.63. The minimum Gasteiger partial charge on any atom is -0.358 e. The smallest absolute Gasteiger partial charge is 0.358 e. The maximum absolute atomic E-state index is 11.4. The molecule has 0 fully saturated rings. The highest BCUT2D eigenvalue weighted by Gasteiger charge is 2.22. The van der Waals surface area contributed by atoms with Crippen molar-refractivity contribution in [3.8, 4) is 22.3 Å². The minimum atomic E-state index is -0.573. The topological polar surface area (TPSA) is 56.0 Å². The number of halogens is 4. The molecule has 0 aliphatic heterocycles. The van der Waals surface area contributed by atoms with E-state index in [-0.39, 0.29) is 16.4 Å². The van der Waals surface area contributed by atoms with E-state index >= 15 is 0 Å². The van der Waals surface area contributed by atoms with Gasteiger partial charge in [-0.3, -0.25) is 0 Å². The third-order valence-corrected chi connectivity index (χ3v) is 5.18. The molecule has 4 nitrogen and oxygen atoms in total. The van der Waals surface area contributed by atoms with E-state index in [9.17, 15) is 10.1 Å². The molecule has 0 amide bonds. The summed E-state index contributed by atoms with van der Waals surface area (Å²) >= 11 is 24.6. The van der Waals surface area contributed by atoms with Crippen molar-refractivity contribution in [1.29, 1.82) is 0 Å². The number of aromatic nitrogens is 1. The fourth-order valence-corrected chi connectivity index (χ4v) is 3.20. The van der Waals surface area contributed by atoms with E-state index in [1.54, 1.807) is 42.5 Å². The van der Waals surface area contributed by atoms with Gasteiger partial charge < -0.3 is 10.1 Å². The first-order valence-corrected chi connectivity index (χ1v) is 8.44. The molecule has 3 rings (SSSR count). The van der Waals surface area contributed by atoms with Crippen LogP contribution in [0.25, 0.3) is 22.3 Å². The normalized spacial score (nSPS) is 10.7. The van der Waals surface area contributed by atoms with Gasteiger partial charge in [0.2, 0.25) is 0 Å². The van der Waals surface area contributed by atoms with Crippen LogP contribution in [0.15, 0.2) is 48.7 Å². The van der Waals surface area contributed by atoms with Crippen molar-refractivity contribution >= 4 is 52.2 Å². The lowest BCUT2D eigenvalue weighted by molar-refractivity contribution is -0.388. The zero-order chi connectivity index (χ0) is 18.1. The van der Waals surface area contributed by atoms with E-state index in [1.807, 2.05) is 0 Å². The Bertz CT molecular complexity index is 992. The molecule has 0 atom stereocenters. The Kier molecular flexibility index (Phi) is 5.16. The third kappa shape index (κ3) is 3.44. The van der Waals surface area contributed by atoms with Crippen LogP contribution in [0.4, 0.5) is 5.82 Å². The Hall–Kier alpha value is -1.85. The molecule has 8 heteroatoms. The van der Waals surface area contributed by atoms with E-state index in [0.29, 0.717) is 31.8 Å². The number of rotatable bonds is 3. The van der Waals surface area contributed by atoms with Gasteiger partial charge in [-0.2, -0.15) is 0 Å². The number of hydrogen-bond acceptors (Lipinski definition) is 3. The molecule has 0 unspecified atom stereocenters. The first-order valence-electron chi connectivity index (χ1n) is 6.93. The molecule has 0 aliphatic rings. The highest BCUT2D eigenvalue weighted by molar-refractivity contribution is 6.44. The van der Waals surface area contributed by atoms with E-state index in [1.165, 1.54) is 6.20 Å². The highest BCUT2D eigenvalue weighted by atomic mass is 35.5. The average Bonchev–Trinajstić information content (AvgIpc) is 2.59. The van der Waals surface area contributed by atoms with Crippen LogP contribution in [0.5, 0.6) is 0 Å². The lowest BCUT2D eigenvalue weighted by Crippen LogP contribution is -1.97. The predicted molar refractivity (Wildman–Crippen MR) is 102 cm³/mol. The van der Waals surface area contributed by atoms with Crippen molar-refractivity contribution in [3.05, 3.63) is 78.9 Å². The largest absolute Gasteiger partial charge is 0.371 e. The van der Waals surface area contributed by atoms with Gasteiger partial charge in [-0.15, -0.1) is 0 Å². The fourth-order valence-electron chi connectivity index (χ4n) is 2.39. The molecule has 1 aromatic heterocycles. The van der Waals surface area contributed by atoms with E-state index in [0.717, 1.165) is 0 Å². The molecule has 0 bridgehead atoms. The number of hydrogen-bond donors (Lipinski definition) is 0. The third-order valence-electron chi connectivity index (χ3n) is 3.54. The molecule has 0 spiro atoms. The van der Waals surface area contributed by atoms with Gasteiger partial charge >= 0.3 is 5.82 Å². The van der Waals surface area contributed by atoms with Crippen molar-refractivity contribution in [2.75, 3.05) is 0 Å². The first-order chi connectivity index (χ1) is 11.9. The minimum absolute atomic E-state index is 0.211. The molecule has 3 aromatic rings. The second kappa shape index (κ2) is 7.18. The van der Waals surface area contributed by atoms with E-state index < -0.39 is 4.92 Å². The molecule has 2 aromatic carbocycles. The van der Waals surface area contributed by atoms with Gasteiger partial charge in [-0.05, 0) is 28.1 Å². The molecular formula is C17H8Cl4N2O2. The molecular weight excluding hydrogens is 406 g/mol. The Balaban J connectivity index is 2.28. The van der Waals surface area contributed by atoms with Crippen molar-refractivity contribution in [3.63, 3.8) is 0 Å². The Morgan fingerprint density at radius 3 is 2.00 bits per heavy atom. The lowest BCUT2D eigenvalue weighted by Gasteiger charge is -2.09. The molecule has 1 heterocycles. The average molecular weight is 414 g/mol. The lowest BCUT2D eigenvalue weighted by atomic mass is 10.0. The number of nitro groups is 1.